The topological polar surface area (TPSA) is 59.3 Å². The van der Waals surface area contributed by atoms with Gasteiger partial charge in [-0.3, -0.25) is 4.79 Å². The largest absolute Gasteiger partial charge is 0.573 e. The lowest BCUT2D eigenvalue weighted by atomic mass is 10.1. The number of carbonyl (C=O) groups excluding carboxylic acids is 1. The van der Waals surface area contributed by atoms with Crippen molar-refractivity contribution in [3.05, 3.63) is 23.3 Å². The Kier molecular flexibility index (Phi) is 5.27. The minimum Gasteiger partial charge on any atom is -0.466 e. The second kappa shape index (κ2) is 6.52. The Morgan fingerprint density at radius 1 is 1.45 bits per heavy atom. The molecule has 0 atom stereocenters. The molecular formula is C12H10F3NO3S. The van der Waals surface area contributed by atoms with E-state index in [1.165, 1.54) is 12.1 Å². The van der Waals surface area contributed by atoms with E-state index in [1.807, 2.05) is 0 Å². The van der Waals surface area contributed by atoms with E-state index >= 15 is 0 Å². The molecule has 1 rings (SSSR count). The highest BCUT2D eigenvalue weighted by Gasteiger charge is 2.34. The predicted octanol–water partition coefficient (Wildman–Crippen LogP) is 2.85. The molecule has 108 valence electrons. The van der Waals surface area contributed by atoms with Gasteiger partial charge in [-0.2, -0.15) is 5.26 Å². The van der Waals surface area contributed by atoms with Gasteiger partial charge in [-0.05, 0) is 13.0 Å². The summed E-state index contributed by atoms with van der Waals surface area (Å²) < 4.78 is 45.6. The van der Waals surface area contributed by atoms with Gasteiger partial charge in [0, 0.05) is 10.5 Å². The van der Waals surface area contributed by atoms with E-state index in [4.69, 9.17) is 5.26 Å². The van der Waals surface area contributed by atoms with Gasteiger partial charge in [0.25, 0.3) is 0 Å². The molecule has 1 aromatic rings. The van der Waals surface area contributed by atoms with Gasteiger partial charge >= 0.3 is 12.3 Å². The van der Waals surface area contributed by atoms with E-state index in [0.717, 1.165) is 0 Å². The van der Waals surface area contributed by atoms with Crippen LogP contribution in [0.4, 0.5) is 13.2 Å². The lowest BCUT2D eigenvalue weighted by Crippen LogP contribution is -2.20. The number of hydrogen-bond acceptors (Lipinski definition) is 5. The Labute approximate surface area is 118 Å². The summed E-state index contributed by atoms with van der Waals surface area (Å²) in [4.78, 5) is 11.4. The highest BCUT2D eigenvalue weighted by Crippen LogP contribution is 2.33. The number of rotatable bonds is 4. The second-order valence-corrected chi connectivity index (χ2v) is 4.07. The van der Waals surface area contributed by atoms with Crippen LogP contribution in [0.1, 0.15) is 18.1 Å². The summed E-state index contributed by atoms with van der Waals surface area (Å²) in [7, 11) is 0. The summed E-state index contributed by atoms with van der Waals surface area (Å²) in [6.45, 7) is 1.67. The van der Waals surface area contributed by atoms with Crippen LogP contribution in [0.2, 0.25) is 0 Å². The molecule has 0 spiro atoms. The molecule has 0 amide bonds. The molecular weight excluding hydrogens is 295 g/mol. The van der Waals surface area contributed by atoms with Crippen LogP contribution in [-0.4, -0.2) is 18.9 Å². The van der Waals surface area contributed by atoms with Crippen LogP contribution in [0, 0.1) is 11.3 Å². The van der Waals surface area contributed by atoms with Crippen molar-refractivity contribution in [2.24, 2.45) is 0 Å². The molecule has 0 fully saturated rings. The molecule has 0 aliphatic carbocycles. The van der Waals surface area contributed by atoms with Crippen LogP contribution < -0.4 is 4.74 Å². The fourth-order valence-electron chi connectivity index (χ4n) is 1.46. The maximum Gasteiger partial charge on any atom is 0.573 e. The number of carbonyl (C=O) groups is 1. The van der Waals surface area contributed by atoms with Crippen LogP contribution in [0.5, 0.6) is 5.75 Å². The zero-order chi connectivity index (χ0) is 15.3. The normalized spacial score (nSPS) is 10.8. The Bertz CT molecular complexity index is 552. The SMILES string of the molecule is CCOC(=O)Cc1ccc(S)c(C#N)c1OC(F)(F)F. The summed E-state index contributed by atoms with van der Waals surface area (Å²) in [5.74, 6) is -1.43. The predicted molar refractivity (Wildman–Crippen MR) is 65.4 cm³/mol. The van der Waals surface area contributed by atoms with Gasteiger partial charge in [0.2, 0.25) is 0 Å². The first-order valence-corrected chi connectivity index (χ1v) is 5.89. The number of halogens is 3. The van der Waals surface area contributed by atoms with E-state index in [-0.39, 0.29) is 22.6 Å². The quantitative estimate of drug-likeness (QED) is 0.686. The number of benzene rings is 1. The standard InChI is InChI=1S/C12H10F3NO3S/c1-2-18-10(17)5-7-3-4-9(20)8(6-16)11(7)19-12(13,14)15/h3-4,20H,2,5H2,1H3. The van der Waals surface area contributed by atoms with Crippen molar-refractivity contribution in [1.82, 2.24) is 0 Å². The molecule has 0 aliphatic heterocycles. The van der Waals surface area contributed by atoms with Gasteiger partial charge in [0.1, 0.15) is 11.6 Å². The van der Waals surface area contributed by atoms with Crippen LogP contribution in [0.15, 0.2) is 17.0 Å². The zero-order valence-electron chi connectivity index (χ0n) is 10.3. The van der Waals surface area contributed by atoms with E-state index in [2.05, 4.69) is 22.1 Å². The molecule has 1 aromatic carbocycles. The number of hydrogen-bond donors (Lipinski definition) is 1. The van der Waals surface area contributed by atoms with Crippen molar-refractivity contribution in [3.8, 4) is 11.8 Å². The summed E-state index contributed by atoms with van der Waals surface area (Å²) in [6.07, 6.45) is -5.40. The molecule has 0 saturated heterocycles. The minimum atomic E-state index is -4.98. The zero-order valence-corrected chi connectivity index (χ0v) is 11.2. The highest BCUT2D eigenvalue weighted by atomic mass is 32.1. The molecule has 0 bridgehead atoms. The first-order valence-electron chi connectivity index (χ1n) is 5.44. The van der Waals surface area contributed by atoms with Gasteiger partial charge in [-0.1, -0.05) is 6.07 Å². The van der Waals surface area contributed by atoms with Crippen molar-refractivity contribution >= 4 is 18.6 Å². The van der Waals surface area contributed by atoms with Crippen LogP contribution in [0.25, 0.3) is 0 Å². The summed E-state index contributed by atoms with van der Waals surface area (Å²) in [5.41, 5.74) is -0.470. The average Bonchev–Trinajstić information content (AvgIpc) is 2.31. The van der Waals surface area contributed by atoms with Crippen LogP contribution >= 0.6 is 12.6 Å². The first-order chi connectivity index (χ1) is 9.28. The van der Waals surface area contributed by atoms with Crippen molar-refractivity contribution in [1.29, 1.82) is 5.26 Å². The van der Waals surface area contributed by atoms with Crippen molar-refractivity contribution in [2.75, 3.05) is 6.61 Å². The molecule has 20 heavy (non-hydrogen) atoms. The van der Waals surface area contributed by atoms with Gasteiger partial charge in [-0.25, -0.2) is 0 Å². The minimum absolute atomic E-state index is 0.0272. The third-order valence-corrected chi connectivity index (χ3v) is 2.56. The molecule has 0 saturated carbocycles. The maximum absolute atomic E-state index is 12.4. The van der Waals surface area contributed by atoms with Crippen molar-refractivity contribution < 1.29 is 27.4 Å². The van der Waals surface area contributed by atoms with Crippen LogP contribution in [-0.2, 0) is 16.0 Å². The number of nitrogens with zero attached hydrogens (tertiary/aromatic N) is 1. The lowest BCUT2D eigenvalue weighted by Gasteiger charge is -2.15. The van der Waals surface area contributed by atoms with Gasteiger partial charge in [0.15, 0.2) is 5.75 Å². The molecule has 0 radical (unpaired) electrons. The Morgan fingerprint density at radius 3 is 2.60 bits per heavy atom. The number of thiol groups is 1. The lowest BCUT2D eigenvalue weighted by molar-refractivity contribution is -0.275. The van der Waals surface area contributed by atoms with Crippen molar-refractivity contribution in [2.45, 2.75) is 24.6 Å². The average molecular weight is 305 g/mol. The summed E-state index contributed by atoms with van der Waals surface area (Å²) in [6, 6.07) is 4.13. The van der Waals surface area contributed by atoms with E-state index in [9.17, 15) is 18.0 Å². The van der Waals surface area contributed by atoms with Crippen molar-refractivity contribution in [3.63, 3.8) is 0 Å². The molecule has 0 unspecified atom stereocenters. The fraction of sp³-hybridized carbons (Fsp3) is 0.333. The number of ether oxygens (including phenoxy) is 2. The maximum atomic E-state index is 12.4. The van der Waals surface area contributed by atoms with Gasteiger partial charge in [-0.15, -0.1) is 25.8 Å². The number of alkyl halides is 3. The van der Waals surface area contributed by atoms with Crippen LogP contribution in [0.3, 0.4) is 0 Å². The number of esters is 1. The highest BCUT2D eigenvalue weighted by molar-refractivity contribution is 7.80. The first kappa shape index (κ1) is 16.2. The van der Waals surface area contributed by atoms with E-state index < -0.39 is 24.5 Å². The molecule has 0 aliphatic rings. The fourth-order valence-corrected chi connectivity index (χ4v) is 1.69. The molecule has 0 aromatic heterocycles. The Hall–Kier alpha value is -1.88. The summed E-state index contributed by atoms with van der Waals surface area (Å²) in [5, 5.41) is 8.90. The Balaban J connectivity index is 3.23. The van der Waals surface area contributed by atoms with E-state index in [1.54, 1.807) is 13.0 Å². The third-order valence-electron chi connectivity index (χ3n) is 2.19. The molecule has 0 N–H and O–H groups in total. The smallest absolute Gasteiger partial charge is 0.466 e. The second-order valence-electron chi connectivity index (χ2n) is 3.59. The molecule has 8 heteroatoms. The summed E-state index contributed by atoms with van der Waals surface area (Å²) >= 11 is 3.89. The third kappa shape index (κ3) is 4.35. The molecule has 4 nitrogen and oxygen atoms in total. The van der Waals surface area contributed by atoms with Gasteiger partial charge < -0.3 is 9.47 Å². The molecule has 0 heterocycles. The van der Waals surface area contributed by atoms with E-state index in [0.29, 0.717) is 0 Å². The Morgan fingerprint density at radius 2 is 2.10 bits per heavy atom. The van der Waals surface area contributed by atoms with Gasteiger partial charge in [0.05, 0.1) is 13.0 Å². The number of nitriles is 1. The monoisotopic (exact) mass is 305 g/mol.